The van der Waals surface area contributed by atoms with Crippen molar-refractivity contribution < 1.29 is 19.1 Å². The second kappa shape index (κ2) is 6.57. The summed E-state index contributed by atoms with van der Waals surface area (Å²) in [5.74, 6) is -0.0000919. The van der Waals surface area contributed by atoms with Gasteiger partial charge in [0.15, 0.2) is 0 Å². The number of ether oxygens (including phenoxy) is 2. The highest BCUT2D eigenvalue weighted by Gasteiger charge is 2.40. The van der Waals surface area contributed by atoms with Gasteiger partial charge in [-0.05, 0) is 39.0 Å². The van der Waals surface area contributed by atoms with Gasteiger partial charge < -0.3 is 14.4 Å². The Balaban J connectivity index is 1.78. The Kier molecular flexibility index (Phi) is 5.02. The summed E-state index contributed by atoms with van der Waals surface area (Å²) in [4.78, 5) is 25.8. The van der Waals surface area contributed by atoms with E-state index in [1.165, 1.54) is 0 Å². The molecule has 5 nitrogen and oxygen atoms in total. The number of rotatable bonds is 5. The van der Waals surface area contributed by atoms with E-state index in [0.29, 0.717) is 39.0 Å². The highest BCUT2D eigenvalue weighted by molar-refractivity contribution is 5.78. The fourth-order valence-corrected chi connectivity index (χ4v) is 3.04. The van der Waals surface area contributed by atoms with Gasteiger partial charge in [0.25, 0.3) is 0 Å². The third kappa shape index (κ3) is 3.32. The van der Waals surface area contributed by atoms with Crippen LogP contribution in [0.3, 0.4) is 0 Å². The molecule has 2 aliphatic rings. The SMILES string of the molecule is CCOC(=O)C1CCN(C(=O)CC2(OC)CCC2)CC1. The highest BCUT2D eigenvalue weighted by atomic mass is 16.5. The Morgan fingerprint density at radius 3 is 2.35 bits per heavy atom. The van der Waals surface area contributed by atoms with E-state index in [0.717, 1.165) is 19.3 Å². The molecule has 0 aromatic carbocycles. The van der Waals surface area contributed by atoms with E-state index in [-0.39, 0.29) is 23.4 Å². The maximum absolute atomic E-state index is 12.3. The van der Waals surface area contributed by atoms with Crippen molar-refractivity contribution >= 4 is 11.9 Å². The van der Waals surface area contributed by atoms with Crippen LogP contribution in [-0.2, 0) is 19.1 Å². The summed E-state index contributed by atoms with van der Waals surface area (Å²) in [6, 6.07) is 0. The molecule has 20 heavy (non-hydrogen) atoms. The minimum absolute atomic E-state index is 0.0425. The molecule has 5 heteroatoms. The zero-order chi connectivity index (χ0) is 14.6. The minimum Gasteiger partial charge on any atom is -0.466 e. The van der Waals surface area contributed by atoms with Crippen molar-refractivity contribution in [3.8, 4) is 0 Å². The normalized spacial score (nSPS) is 22.2. The topological polar surface area (TPSA) is 55.8 Å². The molecular weight excluding hydrogens is 258 g/mol. The molecule has 0 aromatic heterocycles. The molecule has 0 spiro atoms. The van der Waals surface area contributed by atoms with Gasteiger partial charge in [-0.2, -0.15) is 0 Å². The number of carbonyl (C=O) groups is 2. The summed E-state index contributed by atoms with van der Waals surface area (Å²) >= 11 is 0. The first-order valence-corrected chi connectivity index (χ1v) is 7.60. The molecule has 2 rings (SSSR count). The molecule has 0 unspecified atom stereocenters. The van der Waals surface area contributed by atoms with Crippen LogP contribution < -0.4 is 0 Å². The van der Waals surface area contributed by atoms with Crippen LogP contribution in [-0.4, -0.2) is 49.2 Å². The summed E-state index contributed by atoms with van der Waals surface area (Å²) in [6.45, 7) is 3.55. The van der Waals surface area contributed by atoms with Crippen LogP contribution in [0.25, 0.3) is 0 Å². The first kappa shape index (κ1) is 15.3. The predicted molar refractivity (Wildman–Crippen MR) is 74.1 cm³/mol. The van der Waals surface area contributed by atoms with Gasteiger partial charge >= 0.3 is 5.97 Å². The lowest BCUT2D eigenvalue weighted by Gasteiger charge is -2.41. The summed E-state index contributed by atoms with van der Waals surface area (Å²) < 4.78 is 10.5. The Labute approximate surface area is 120 Å². The van der Waals surface area contributed by atoms with Crippen molar-refractivity contribution in [3.05, 3.63) is 0 Å². The lowest BCUT2D eigenvalue weighted by atomic mass is 9.77. The number of hydrogen-bond acceptors (Lipinski definition) is 4. The number of esters is 1. The van der Waals surface area contributed by atoms with Gasteiger partial charge in [0.05, 0.1) is 24.5 Å². The van der Waals surface area contributed by atoms with Crippen LogP contribution >= 0.6 is 0 Å². The van der Waals surface area contributed by atoms with Crippen LogP contribution in [0.1, 0.15) is 45.4 Å². The van der Waals surface area contributed by atoms with Gasteiger partial charge in [-0.1, -0.05) is 0 Å². The molecule has 0 bridgehead atoms. The van der Waals surface area contributed by atoms with Crippen LogP contribution in [0.2, 0.25) is 0 Å². The molecule has 2 fully saturated rings. The van der Waals surface area contributed by atoms with Crippen molar-refractivity contribution in [1.82, 2.24) is 4.90 Å². The van der Waals surface area contributed by atoms with Crippen molar-refractivity contribution in [2.75, 3.05) is 26.8 Å². The first-order valence-electron chi connectivity index (χ1n) is 7.60. The molecule has 0 N–H and O–H groups in total. The van der Waals surface area contributed by atoms with Gasteiger partial charge in [0.2, 0.25) is 5.91 Å². The quantitative estimate of drug-likeness (QED) is 0.721. The first-order chi connectivity index (χ1) is 9.60. The lowest BCUT2D eigenvalue weighted by molar-refractivity contribution is -0.153. The summed E-state index contributed by atoms with van der Waals surface area (Å²) in [7, 11) is 1.69. The Hall–Kier alpha value is -1.10. The Morgan fingerprint density at radius 2 is 1.90 bits per heavy atom. The molecule has 1 aliphatic heterocycles. The van der Waals surface area contributed by atoms with E-state index in [2.05, 4.69) is 0 Å². The fourth-order valence-electron chi connectivity index (χ4n) is 3.04. The molecule has 1 saturated carbocycles. The Morgan fingerprint density at radius 1 is 1.25 bits per heavy atom. The number of methoxy groups -OCH3 is 1. The summed E-state index contributed by atoms with van der Waals surface area (Å²) in [5.41, 5.74) is -0.213. The van der Waals surface area contributed by atoms with Crippen LogP contribution in [0.4, 0.5) is 0 Å². The molecule has 0 atom stereocenters. The lowest BCUT2D eigenvalue weighted by Crippen LogP contribution is -2.47. The number of nitrogens with zero attached hydrogens (tertiary/aromatic N) is 1. The predicted octanol–water partition coefficient (Wildman–Crippen LogP) is 1.75. The van der Waals surface area contributed by atoms with E-state index in [4.69, 9.17) is 9.47 Å². The van der Waals surface area contributed by atoms with Crippen LogP contribution in [0, 0.1) is 5.92 Å². The van der Waals surface area contributed by atoms with Gasteiger partial charge in [0, 0.05) is 20.2 Å². The summed E-state index contributed by atoms with van der Waals surface area (Å²) in [5, 5.41) is 0. The monoisotopic (exact) mass is 283 g/mol. The zero-order valence-corrected chi connectivity index (χ0v) is 12.5. The van der Waals surface area contributed by atoms with Crippen molar-refractivity contribution in [2.45, 2.75) is 51.0 Å². The number of likely N-dealkylation sites (tertiary alicyclic amines) is 1. The van der Waals surface area contributed by atoms with Crippen LogP contribution in [0.15, 0.2) is 0 Å². The standard InChI is InChI=1S/C15H25NO4/c1-3-20-14(18)12-5-9-16(10-6-12)13(17)11-15(19-2)7-4-8-15/h12H,3-11H2,1-2H3. The number of piperidine rings is 1. The molecule has 1 amide bonds. The molecule has 1 saturated heterocycles. The Bertz CT molecular complexity index is 351. The zero-order valence-electron chi connectivity index (χ0n) is 12.5. The minimum atomic E-state index is -0.213. The average Bonchev–Trinajstić information content (AvgIpc) is 2.43. The van der Waals surface area contributed by atoms with Crippen LogP contribution in [0.5, 0.6) is 0 Å². The van der Waals surface area contributed by atoms with E-state index >= 15 is 0 Å². The van der Waals surface area contributed by atoms with E-state index in [1.54, 1.807) is 7.11 Å². The second-order valence-electron chi connectivity index (χ2n) is 5.82. The van der Waals surface area contributed by atoms with Gasteiger partial charge in [-0.25, -0.2) is 0 Å². The van der Waals surface area contributed by atoms with E-state index in [9.17, 15) is 9.59 Å². The smallest absolute Gasteiger partial charge is 0.309 e. The third-order valence-electron chi connectivity index (χ3n) is 4.64. The molecule has 1 heterocycles. The molecule has 1 aliphatic carbocycles. The summed E-state index contributed by atoms with van der Waals surface area (Å²) in [6.07, 6.45) is 5.01. The average molecular weight is 283 g/mol. The maximum Gasteiger partial charge on any atom is 0.309 e. The number of hydrogen-bond donors (Lipinski definition) is 0. The molecular formula is C15H25NO4. The van der Waals surface area contributed by atoms with Crippen molar-refractivity contribution in [2.24, 2.45) is 5.92 Å². The maximum atomic E-state index is 12.3. The largest absolute Gasteiger partial charge is 0.466 e. The molecule has 0 radical (unpaired) electrons. The molecule has 114 valence electrons. The fraction of sp³-hybridized carbons (Fsp3) is 0.867. The van der Waals surface area contributed by atoms with Crippen molar-refractivity contribution in [3.63, 3.8) is 0 Å². The number of amides is 1. The van der Waals surface area contributed by atoms with Gasteiger partial charge in [0.1, 0.15) is 0 Å². The van der Waals surface area contributed by atoms with E-state index in [1.807, 2.05) is 11.8 Å². The molecule has 0 aromatic rings. The highest BCUT2D eigenvalue weighted by Crippen LogP contribution is 2.38. The number of carbonyl (C=O) groups excluding carboxylic acids is 2. The van der Waals surface area contributed by atoms with Gasteiger partial charge in [-0.3, -0.25) is 9.59 Å². The van der Waals surface area contributed by atoms with Crippen molar-refractivity contribution in [1.29, 1.82) is 0 Å². The third-order valence-corrected chi connectivity index (χ3v) is 4.64. The van der Waals surface area contributed by atoms with Gasteiger partial charge in [-0.15, -0.1) is 0 Å². The van der Waals surface area contributed by atoms with E-state index < -0.39 is 0 Å². The second-order valence-corrected chi connectivity index (χ2v) is 5.82.